The average molecular weight is 466 g/mol. The van der Waals surface area contributed by atoms with E-state index >= 15 is 0 Å². The van der Waals surface area contributed by atoms with Crippen molar-refractivity contribution in [2.24, 2.45) is 0 Å². The number of anilines is 1. The number of hydrogen-bond acceptors (Lipinski definition) is 6. The van der Waals surface area contributed by atoms with Gasteiger partial charge in [-0.25, -0.2) is 13.4 Å². The molecule has 1 aliphatic rings. The summed E-state index contributed by atoms with van der Waals surface area (Å²) in [6.07, 6.45) is 4.39. The monoisotopic (exact) mass is 465 g/mol. The highest BCUT2D eigenvalue weighted by Crippen LogP contribution is 2.22. The molecule has 1 fully saturated rings. The lowest BCUT2D eigenvalue weighted by Gasteiger charge is -2.34. The summed E-state index contributed by atoms with van der Waals surface area (Å²) in [5, 5.41) is 0. The van der Waals surface area contributed by atoms with Crippen molar-refractivity contribution < 1.29 is 18.0 Å². The van der Waals surface area contributed by atoms with Gasteiger partial charge in [-0.05, 0) is 36.4 Å². The number of rotatable bonds is 5. The molecule has 2 aromatic carbocycles. The van der Waals surface area contributed by atoms with Crippen LogP contribution in [0.5, 0.6) is 0 Å². The van der Waals surface area contributed by atoms with Crippen LogP contribution >= 0.6 is 0 Å². The van der Waals surface area contributed by atoms with E-state index in [-0.39, 0.29) is 22.4 Å². The highest BCUT2D eigenvalue weighted by Gasteiger charge is 2.27. The first kappa shape index (κ1) is 22.4. The van der Waals surface area contributed by atoms with Crippen molar-refractivity contribution in [3.05, 3.63) is 84.4 Å². The van der Waals surface area contributed by atoms with Gasteiger partial charge in [0.1, 0.15) is 5.69 Å². The molecule has 0 saturated carbocycles. The van der Waals surface area contributed by atoms with Gasteiger partial charge in [-0.1, -0.05) is 18.2 Å². The molecular formula is C23H23N5O4S. The summed E-state index contributed by atoms with van der Waals surface area (Å²) >= 11 is 0. The van der Waals surface area contributed by atoms with E-state index in [1.807, 2.05) is 6.07 Å². The zero-order chi connectivity index (χ0) is 23.4. The molecule has 4 rings (SSSR count). The SMILES string of the molecule is CN(c1ccccc1)S(=O)(=O)c1ccc(C(=O)N2CCN(C(=O)c3cnccn3)CC2)cc1. The number of carbonyl (C=O) groups is 2. The van der Waals surface area contributed by atoms with Gasteiger partial charge in [0.2, 0.25) is 0 Å². The predicted molar refractivity (Wildman–Crippen MR) is 122 cm³/mol. The van der Waals surface area contributed by atoms with Crippen molar-refractivity contribution >= 4 is 27.5 Å². The quantitative estimate of drug-likeness (QED) is 0.570. The molecule has 1 aromatic heterocycles. The minimum Gasteiger partial charge on any atom is -0.335 e. The van der Waals surface area contributed by atoms with Crippen LogP contribution in [0.2, 0.25) is 0 Å². The van der Waals surface area contributed by atoms with Gasteiger partial charge in [0, 0.05) is 51.2 Å². The maximum absolute atomic E-state index is 12.9. The van der Waals surface area contributed by atoms with Crippen LogP contribution in [-0.2, 0) is 10.0 Å². The molecule has 1 saturated heterocycles. The topological polar surface area (TPSA) is 104 Å². The predicted octanol–water partition coefficient (Wildman–Crippen LogP) is 1.90. The molecule has 3 aromatic rings. The minimum atomic E-state index is -3.75. The second kappa shape index (κ2) is 9.37. The van der Waals surface area contributed by atoms with E-state index in [2.05, 4.69) is 9.97 Å². The first-order valence-electron chi connectivity index (χ1n) is 10.4. The van der Waals surface area contributed by atoms with Crippen LogP contribution in [-0.4, -0.2) is 73.2 Å². The summed E-state index contributed by atoms with van der Waals surface area (Å²) in [5.41, 5.74) is 1.21. The molecule has 10 heteroatoms. The Hall–Kier alpha value is -3.79. The summed E-state index contributed by atoms with van der Waals surface area (Å²) in [7, 11) is -2.26. The second-order valence-electron chi connectivity index (χ2n) is 7.51. The second-order valence-corrected chi connectivity index (χ2v) is 9.48. The van der Waals surface area contributed by atoms with E-state index in [4.69, 9.17) is 0 Å². The molecule has 0 N–H and O–H groups in total. The van der Waals surface area contributed by atoms with Crippen LogP contribution in [0.1, 0.15) is 20.8 Å². The lowest BCUT2D eigenvalue weighted by atomic mass is 10.2. The van der Waals surface area contributed by atoms with Crippen molar-refractivity contribution in [3.8, 4) is 0 Å². The Morgan fingerprint density at radius 3 is 2.03 bits per heavy atom. The number of piperazine rings is 1. The van der Waals surface area contributed by atoms with Crippen LogP contribution in [0.15, 0.2) is 78.1 Å². The molecular weight excluding hydrogens is 442 g/mol. The van der Waals surface area contributed by atoms with Crippen LogP contribution in [0.4, 0.5) is 5.69 Å². The van der Waals surface area contributed by atoms with Gasteiger partial charge in [-0.15, -0.1) is 0 Å². The van der Waals surface area contributed by atoms with E-state index in [9.17, 15) is 18.0 Å². The fourth-order valence-electron chi connectivity index (χ4n) is 3.57. The molecule has 0 radical (unpaired) electrons. The van der Waals surface area contributed by atoms with Gasteiger partial charge in [0.05, 0.1) is 16.8 Å². The normalized spacial score (nSPS) is 14.1. The van der Waals surface area contributed by atoms with Gasteiger partial charge in [0.15, 0.2) is 0 Å². The molecule has 0 spiro atoms. The number of nitrogens with zero attached hydrogens (tertiary/aromatic N) is 5. The molecule has 170 valence electrons. The Labute approximate surface area is 192 Å². The number of aromatic nitrogens is 2. The number of benzene rings is 2. The number of carbonyl (C=O) groups excluding carboxylic acids is 2. The van der Waals surface area contributed by atoms with Crippen molar-refractivity contribution in [1.82, 2.24) is 19.8 Å². The molecule has 0 atom stereocenters. The Bertz CT molecular complexity index is 1230. The van der Waals surface area contributed by atoms with E-state index in [1.165, 1.54) is 54.2 Å². The Morgan fingerprint density at radius 2 is 1.45 bits per heavy atom. The zero-order valence-electron chi connectivity index (χ0n) is 18.0. The first-order chi connectivity index (χ1) is 15.9. The summed E-state index contributed by atoms with van der Waals surface area (Å²) in [4.78, 5) is 36.7. The fourth-order valence-corrected chi connectivity index (χ4v) is 4.77. The minimum absolute atomic E-state index is 0.102. The lowest BCUT2D eigenvalue weighted by molar-refractivity contribution is 0.0532. The van der Waals surface area contributed by atoms with E-state index in [0.717, 1.165) is 0 Å². The number of sulfonamides is 1. The maximum Gasteiger partial charge on any atom is 0.274 e. The fraction of sp³-hybridized carbons (Fsp3) is 0.217. The zero-order valence-corrected chi connectivity index (χ0v) is 18.9. The van der Waals surface area contributed by atoms with Gasteiger partial charge < -0.3 is 9.80 Å². The highest BCUT2D eigenvalue weighted by molar-refractivity contribution is 7.92. The number of hydrogen-bond donors (Lipinski definition) is 0. The molecule has 1 aliphatic heterocycles. The Morgan fingerprint density at radius 1 is 0.848 bits per heavy atom. The molecule has 2 heterocycles. The Kier molecular flexibility index (Phi) is 6.36. The third-order valence-corrected chi connectivity index (χ3v) is 7.32. The van der Waals surface area contributed by atoms with E-state index < -0.39 is 10.0 Å². The summed E-state index contributed by atoms with van der Waals surface area (Å²) in [6, 6.07) is 14.7. The van der Waals surface area contributed by atoms with Crippen LogP contribution in [0.25, 0.3) is 0 Å². The third-order valence-electron chi connectivity index (χ3n) is 5.52. The van der Waals surface area contributed by atoms with E-state index in [1.54, 1.807) is 34.1 Å². The van der Waals surface area contributed by atoms with Crippen molar-refractivity contribution in [2.75, 3.05) is 37.5 Å². The van der Waals surface area contributed by atoms with Crippen LogP contribution in [0.3, 0.4) is 0 Å². The molecule has 33 heavy (non-hydrogen) atoms. The molecule has 0 unspecified atom stereocenters. The van der Waals surface area contributed by atoms with Crippen molar-refractivity contribution in [2.45, 2.75) is 4.90 Å². The maximum atomic E-state index is 12.9. The summed E-state index contributed by atoms with van der Waals surface area (Å²) < 4.78 is 27.0. The van der Waals surface area contributed by atoms with Gasteiger partial charge in [-0.3, -0.25) is 18.9 Å². The van der Waals surface area contributed by atoms with Gasteiger partial charge >= 0.3 is 0 Å². The molecule has 9 nitrogen and oxygen atoms in total. The van der Waals surface area contributed by atoms with Crippen molar-refractivity contribution in [1.29, 1.82) is 0 Å². The standard InChI is InChI=1S/C23H23N5O4S/c1-26(19-5-3-2-4-6-19)33(31,32)20-9-7-18(8-10-20)22(29)27-13-15-28(16-14-27)23(30)21-17-24-11-12-25-21/h2-12,17H,13-16H2,1H3. The van der Waals surface area contributed by atoms with Gasteiger partial charge in [0.25, 0.3) is 21.8 Å². The largest absolute Gasteiger partial charge is 0.335 e. The molecule has 0 aliphatic carbocycles. The first-order valence-corrected chi connectivity index (χ1v) is 11.8. The summed E-state index contributed by atoms with van der Waals surface area (Å²) in [6.45, 7) is 1.52. The highest BCUT2D eigenvalue weighted by atomic mass is 32.2. The molecule has 0 bridgehead atoms. The number of para-hydroxylation sites is 1. The third kappa shape index (κ3) is 4.70. The van der Waals surface area contributed by atoms with Crippen LogP contribution < -0.4 is 4.31 Å². The van der Waals surface area contributed by atoms with Gasteiger partial charge in [-0.2, -0.15) is 0 Å². The average Bonchev–Trinajstić information content (AvgIpc) is 2.88. The lowest BCUT2D eigenvalue weighted by Crippen LogP contribution is -2.50. The number of amides is 2. The van der Waals surface area contributed by atoms with Crippen LogP contribution in [0, 0.1) is 0 Å². The summed E-state index contributed by atoms with van der Waals surface area (Å²) in [5.74, 6) is -0.422. The Balaban J connectivity index is 1.40. The smallest absolute Gasteiger partial charge is 0.274 e. The van der Waals surface area contributed by atoms with E-state index in [0.29, 0.717) is 37.4 Å². The van der Waals surface area contributed by atoms with Crippen molar-refractivity contribution in [3.63, 3.8) is 0 Å². The molecule has 2 amide bonds.